The molecule has 2 atom stereocenters. The maximum Gasteiger partial charge on any atom is 0.151 e. The summed E-state index contributed by atoms with van der Waals surface area (Å²) in [6.07, 6.45) is -0.0354. The highest BCUT2D eigenvalue weighted by Crippen LogP contribution is 2.58. The summed E-state index contributed by atoms with van der Waals surface area (Å²) in [5, 5.41) is 10.3. The van der Waals surface area contributed by atoms with Crippen LogP contribution in [-0.2, 0) is 0 Å². The lowest BCUT2D eigenvalue weighted by molar-refractivity contribution is 0.223. The van der Waals surface area contributed by atoms with Crippen LogP contribution < -0.4 is 9.64 Å². The van der Waals surface area contributed by atoms with E-state index in [2.05, 4.69) is 204 Å². The largest absolute Gasteiger partial charge is 0.483 e. The van der Waals surface area contributed by atoms with Crippen molar-refractivity contribution in [2.75, 3.05) is 4.90 Å². The molecule has 57 heavy (non-hydrogen) atoms. The lowest BCUT2D eigenvalue weighted by Gasteiger charge is -2.27. The number of hydrogen-bond acceptors (Lipinski definition) is 2. The molecule has 0 fully saturated rings. The molecule has 13 rings (SSSR count). The van der Waals surface area contributed by atoms with Gasteiger partial charge in [0.25, 0.3) is 0 Å². The minimum atomic E-state index is -0.0354. The van der Waals surface area contributed by atoms with Crippen molar-refractivity contribution in [3.8, 4) is 33.7 Å². The van der Waals surface area contributed by atoms with Gasteiger partial charge in [0.05, 0.1) is 11.0 Å². The number of para-hydroxylation sites is 4. The number of aromatic nitrogens is 1. The maximum atomic E-state index is 6.61. The van der Waals surface area contributed by atoms with E-state index < -0.39 is 0 Å². The first-order valence-electron chi connectivity index (χ1n) is 19.8. The zero-order valence-corrected chi connectivity index (χ0v) is 30.9. The standard InChI is InChI=1S/C54H34N2O/c1-2-13-36(14-3-1)55-46-20-7-4-16-43(46)52-40(19-11-22-48(52)55)39-29-25-34-26-30-41-38(28-24-33-27-31-42(39)51(34)50(33)41)35-12-10-15-37(32-35)56-47-21-8-5-17-44(47)54-53(56)45-18-6-9-23-49(45)57-54/h1-32,53-54H. The molecule has 3 nitrogen and oxygen atoms in total. The summed E-state index contributed by atoms with van der Waals surface area (Å²) < 4.78 is 9.02. The van der Waals surface area contributed by atoms with Crippen LogP contribution in [0.4, 0.5) is 11.4 Å². The summed E-state index contributed by atoms with van der Waals surface area (Å²) in [4.78, 5) is 2.49. The first kappa shape index (κ1) is 30.9. The highest BCUT2D eigenvalue weighted by Gasteiger charge is 2.47. The van der Waals surface area contributed by atoms with Crippen molar-refractivity contribution in [2.45, 2.75) is 12.1 Å². The Balaban J connectivity index is 1.00. The molecule has 2 aliphatic rings. The van der Waals surface area contributed by atoms with Gasteiger partial charge in [0, 0.05) is 39.0 Å². The Bertz CT molecular complexity index is 3420. The van der Waals surface area contributed by atoms with E-state index in [1.807, 2.05) is 0 Å². The van der Waals surface area contributed by atoms with E-state index in [1.54, 1.807) is 0 Å². The van der Waals surface area contributed by atoms with Crippen LogP contribution in [0.5, 0.6) is 5.75 Å². The fourth-order valence-electron chi connectivity index (χ4n) is 10.3. The van der Waals surface area contributed by atoms with Crippen LogP contribution in [0.1, 0.15) is 23.3 Å². The predicted octanol–water partition coefficient (Wildman–Crippen LogP) is 14.3. The highest BCUT2D eigenvalue weighted by molar-refractivity contribution is 6.29. The monoisotopic (exact) mass is 726 g/mol. The first-order chi connectivity index (χ1) is 28.3. The van der Waals surface area contributed by atoms with Gasteiger partial charge in [0.1, 0.15) is 11.8 Å². The zero-order valence-electron chi connectivity index (χ0n) is 30.9. The summed E-state index contributed by atoms with van der Waals surface area (Å²) in [7, 11) is 0. The molecule has 266 valence electrons. The van der Waals surface area contributed by atoms with E-state index in [0.717, 1.165) is 5.75 Å². The van der Waals surface area contributed by atoms with Crippen molar-refractivity contribution in [3.05, 3.63) is 205 Å². The third kappa shape index (κ3) is 4.26. The Hall–Kier alpha value is -7.36. The Morgan fingerprint density at radius 1 is 0.404 bits per heavy atom. The van der Waals surface area contributed by atoms with Gasteiger partial charge in [0.2, 0.25) is 0 Å². The van der Waals surface area contributed by atoms with E-state index >= 15 is 0 Å². The summed E-state index contributed by atoms with van der Waals surface area (Å²) in [6.45, 7) is 0. The van der Waals surface area contributed by atoms with Crippen LogP contribution in [-0.4, -0.2) is 4.57 Å². The van der Waals surface area contributed by atoms with Gasteiger partial charge in [0.15, 0.2) is 6.10 Å². The fraction of sp³-hybridized carbons (Fsp3) is 0.0370. The molecule has 2 unspecified atom stereocenters. The maximum absolute atomic E-state index is 6.61. The van der Waals surface area contributed by atoms with E-state index in [1.165, 1.54) is 105 Å². The molecular weight excluding hydrogens is 693 g/mol. The van der Waals surface area contributed by atoms with Gasteiger partial charge in [-0.2, -0.15) is 0 Å². The van der Waals surface area contributed by atoms with Gasteiger partial charge in [-0.3, -0.25) is 0 Å². The summed E-state index contributed by atoms with van der Waals surface area (Å²) in [5.74, 6) is 0.979. The predicted molar refractivity (Wildman–Crippen MR) is 236 cm³/mol. The number of hydrogen-bond donors (Lipinski definition) is 0. The van der Waals surface area contributed by atoms with E-state index in [4.69, 9.17) is 4.74 Å². The Kier molecular flexibility index (Phi) is 6.28. The second-order valence-corrected chi connectivity index (χ2v) is 15.5. The smallest absolute Gasteiger partial charge is 0.151 e. The molecule has 0 saturated carbocycles. The highest BCUT2D eigenvalue weighted by atomic mass is 16.5. The summed E-state index contributed by atoms with van der Waals surface area (Å²) >= 11 is 0. The molecule has 0 bridgehead atoms. The SMILES string of the molecule is c1ccc(-n2c3ccccc3c3c(-c4ccc5ccc6c(-c7cccc(N8c9ccccc9C9Oc%10ccccc%10C98)c7)ccc7ccc4c5c76)cccc32)cc1. The fourth-order valence-corrected chi connectivity index (χ4v) is 10.3. The van der Waals surface area contributed by atoms with Gasteiger partial charge in [-0.15, -0.1) is 0 Å². The molecule has 0 radical (unpaired) electrons. The second-order valence-electron chi connectivity index (χ2n) is 15.5. The summed E-state index contributed by atoms with van der Waals surface area (Å²) in [6, 6.07) is 71.4. The third-order valence-electron chi connectivity index (χ3n) is 12.7. The Morgan fingerprint density at radius 2 is 1.05 bits per heavy atom. The lowest BCUT2D eigenvalue weighted by Crippen LogP contribution is -2.20. The van der Waals surface area contributed by atoms with Gasteiger partial charge in [-0.25, -0.2) is 0 Å². The van der Waals surface area contributed by atoms with Crippen LogP contribution in [0.25, 0.3) is 82.1 Å². The molecule has 11 aromatic rings. The number of nitrogens with zero attached hydrogens (tertiary/aromatic N) is 2. The molecule has 0 N–H and O–H groups in total. The molecule has 3 heteroatoms. The minimum absolute atomic E-state index is 0.0354. The zero-order chi connectivity index (χ0) is 37.2. The number of fused-ring (bicyclic) bond motifs is 8. The van der Waals surface area contributed by atoms with Crippen molar-refractivity contribution in [3.63, 3.8) is 0 Å². The van der Waals surface area contributed by atoms with Crippen LogP contribution in [0, 0.1) is 0 Å². The average Bonchev–Trinajstić information content (AvgIpc) is 3.93. The van der Waals surface area contributed by atoms with E-state index in [9.17, 15) is 0 Å². The van der Waals surface area contributed by atoms with Crippen molar-refractivity contribution >= 4 is 65.5 Å². The molecular formula is C54H34N2O. The molecule has 0 amide bonds. The van der Waals surface area contributed by atoms with Crippen molar-refractivity contribution in [2.24, 2.45) is 0 Å². The van der Waals surface area contributed by atoms with Crippen LogP contribution in [0.15, 0.2) is 194 Å². The number of benzene rings is 10. The van der Waals surface area contributed by atoms with Crippen molar-refractivity contribution in [1.29, 1.82) is 0 Å². The Morgan fingerprint density at radius 3 is 1.91 bits per heavy atom. The molecule has 1 aromatic heterocycles. The average molecular weight is 727 g/mol. The van der Waals surface area contributed by atoms with Crippen molar-refractivity contribution < 1.29 is 4.74 Å². The molecule has 0 spiro atoms. The first-order valence-corrected chi connectivity index (χ1v) is 19.8. The molecule has 0 aliphatic carbocycles. The number of ether oxygens (including phenoxy) is 1. The van der Waals surface area contributed by atoms with Crippen LogP contribution in [0.3, 0.4) is 0 Å². The molecule has 0 saturated heterocycles. The topological polar surface area (TPSA) is 17.4 Å². The van der Waals surface area contributed by atoms with E-state index in [-0.39, 0.29) is 12.1 Å². The van der Waals surface area contributed by atoms with Crippen LogP contribution >= 0.6 is 0 Å². The number of rotatable bonds is 4. The van der Waals surface area contributed by atoms with Crippen molar-refractivity contribution in [1.82, 2.24) is 4.57 Å². The lowest BCUT2D eigenvalue weighted by atomic mass is 9.86. The molecule has 3 heterocycles. The van der Waals surface area contributed by atoms with Crippen LogP contribution in [0.2, 0.25) is 0 Å². The Labute approximate surface area is 329 Å². The van der Waals surface area contributed by atoms with Gasteiger partial charge >= 0.3 is 0 Å². The number of anilines is 2. The second kappa shape index (κ2) is 11.6. The summed E-state index contributed by atoms with van der Waals surface area (Å²) in [5.41, 5.74) is 13.4. The third-order valence-corrected chi connectivity index (χ3v) is 12.7. The van der Waals surface area contributed by atoms with Gasteiger partial charge < -0.3 is 14.2 Å². The van der Waals surface area contributed by atoms with Gasteiger partial charge in [-0.05, 0) is 103 Å². The minimum Gasteiger partial charge on any atom is -0.483 e. The molecule has 10 aromatic carbocycles. The quantitative estimate of drug-likeness (QED) is 0.168. The normalized spacial score (nSPS) is 15.8. The van der Waals surface area contributed by atoms with E-state index in [0.29, 0.717) is 0 Å². The molecule has 2 aliphatic heterocycles. The van der Waals surface area contributed by atoms with Gasteiger partial charge in [-0.1, -0.05) is 146 Å².